The van der Waals surface area contributed by atoms with Gasteiger partial charge >= 0.3 is 0 Å². The van der Waals surface area contributed by atoms with E-state index in [2.05, 4.69) is 0 Å². The third-order valence-electron chi connectivity index (χ3n) is 4.08. The van der Waals surface area contributed by atoms with Gasteiger partial charge < -0.3 is 9.47 Å². The fraction of sp³-hybridized carbons (Fsp3) is 0.333. The highest BCUT2D eigenvalue weighted by Crippen LogP contribution is 2.37. The fourth-order valence-electron chi connectivity index (χ4n) is 2.89. The van der Waals surface area contributed by atoms with Crippen molar-refractivity contribution in [1.29, 1.82) is 0 Å². The topological polar surface area (TPSA) is 55.8 Å². The van der Waals surface area contributed by atoms with E-state index in [1.165, 1.54) is 22.5 Å². The van der Waals surface area contributed by atoms with E-state index in [9.17, 15) is 12.8 Å². The van der Waals surface area contributed by atoms with Crippen molar-refractivity contribution in [1.82, 2.24) is 0 Å². The molecule has 5 nitrogen and oxygen atoms in total. The van der Waals surface area contributed by atoms with Crippen LogP contribution in [0, 0.1) is 19.7 Å². The molecule has 2 aromatic rings. The third-order valence-corrected chi connectivity index (χ3v) is 6.04. The molecule has 0 amide bonds. The Bertz CT molecular complexity index is 912. The lowest BCUT2D eigenvalue weighted by Crippen LogP contribution is -2.38. The Kier molecular flexibility index (Phi) is 4.60. The Morgan fingerprint density at radius 3 is 2.68 bits per heavy atom. The first-order chi connectivity index (χ1) is 11.8. The highest BCUT2D eigenvalue weighted by molar-refractivity contribution is 7.92. The molecule has 0 fully saturated rings. The van der Waals surface area contributed by atoms with Crippen LogP contribution in [0.1, 0.15) is 18.1 Å². The molecular formula is C18H20FNO4S. The quantitative estimate of drug-likeness (QED) is 0.833. The third kappa shape index (κ3) is 3.16. The second kappa shape index (κ2) is 6.55. The Balaban J connectivity index is 2.10. The number of aryl methyl sites for hydroxylation is 2. The molecule has 0 saturated carbocycles. The normalized spacial score (nSPS) is 14.0. The summed E-state index contributed by atoms with van der Waals surface area (Å²) in [5, 5.41) is 0. The number of fused-ring (bicyclic) bond motifs is 1. The van der Waals surface area contributed by atoms with E-state index in [-0.39, 0.29) is 23.7 Å². The number of halogens is 1. The Labute approximate surface area is 147 Å². The van der Waals surface area contributed by atoms with Crippen molar-refractivity contribution >= 4 is 15.7 Å². The summed E-state index contributed by atoms with van der Waals surface area (Å²) in [6, 6.07) is 7.20. The van der Waals surface area contributed by atoms with Crippen LogP contribution in [-0.2, 0) is 10.0 Å². The zero-order valence-corrected chi connectivity index (χ0v) is 15.2. The number of anilines is 1. The lowest BCUT2D eigenvalue weighted by molar-refractivity contribution is 0.315. The van der Waals surface area contributed by atoms with Crippen LogP contribution in [0.2, 0.25) is 0 Å². The molecule has 0 saturated heterocycles. The van der Waals surface area contributed by atoms with E-state index in [4.69, 9.17) is 9.47 Å². The lowest BCUT2D eigenvalue weighted by Gasteiger charge is -2.31. The Hall–Kier alpha value is -2.28. The molecule has 1 aliphatic heterocycles. The number of hydrogen-bond donors (Lipinski definition) is 0. The van der Waals surface area contributed by atoms with Gasteiger partial charge in [0.25, 0.3) is 10.0 Å². The molecule has 7 heteroatoms. The molecule has 2 aromatic carbocycles. The number of benzene rings is 2. The van der Waals surface area contributed by atoms with Crippen LogP contribution in [0.25, 0.3) is 0 Å². The van der Waals surface area contributed by atoms with Crippen molar-refractivity contribution in [3.8, 4) is 11.5 Å². The first-order valence-electron chi connectivity index (χ1n) is 8.03. The van der Waals surface area contributed by atoms with Gasteiger partial charge in [0, 0.05) is 6.07 Å². The van der Waals surface area contributed by atoms with Crippen molar-refractivity contribution in [3.63, 3.8) is 0 Å². The molecule has 0 N–H and O–H groups in total. The average Bonchev–Trinajstić information content (AvgIpc) is 2.57. The van der Waals surface area contributed by atoms with E-state index in [0.717, 1.165) is 5.56 Å². The van der Waals surface area contributed by atoms with Gasteiger partial charge in [0.15, 0.2) is 0 Å². The molecule has 25 heavy (non-hydrogen) atoms. The SMILES string of the molecule is CCOc1cc(C)c(S(=O)(=O)N2CCOc3ccc(F)cc32)cc1C. The molecule has 0 unspecified atom stereocenters. The number of hydrogen-bond acceptors (Lipinski definition) is 4. The van der Waals surface area contributed by atoms with Gasteiger partial charge in [0.2, 0.25) is 0 Å². The summed E-state index contributed by atoms with van der Waals surface area (Å²) in [5.74, 6) is 0.507. The van der Waals surface area contributed by atoms with Gasteiger partial charge in [-0.15, -0.1) is 0 Å². The minimum atomic E-state index is -3.85. The van der Waals surface area contributed by atoms with Gasteiger partial charge in [0.05, 0.1) is 23.7 Å². The zero-order valence-electron chi connectivity index (χ0n) is 14.4. The van der Waals surface area contributed by atoms with Crippen molar-refractivity contribution in [3.05, 3.63) is 47.3 Å². The monoisotopic (exact) mass is 365 g/mol. The molecule has 0 aliphatic carbocycles. The molecule has 0 spiro atoms. The largest absolute Gasteiger partial charge is 0.494 e. The van der Waals surface area contributed by atoms with E-state index < -0.39 is 15.8 Å². The Morgan fingerprint density at radius 1 is 1.20 bits per heavy atom. The van der Waals surface area contributed by atoms with Crippen LogP contribution >= 0.6 is 0 Å². The van der Waals surface area contributed by atoms with Crippen LogP contribution in [0.4, 0.5) is 10.1 Å². The van der Waals surface area contributed by atoms with Gasteiger partial charge in [-0.3, -0.25) is 4.31 Å². The maximum Gasteiger partial charge on any atom is 0.264 e. The maximum atomic E-state index is 13.6. The number of nitrogens with zero attached hydrogens (tertiary/aromatic N) is 1. The van der Waals surface area contributed by atoms with Crippen molar-refractivity contribution in [2.75, 3.05) is 24.1 Å². The highest BCUT2D eigenvalue weighted by Gasteiger charge is 2.32. The molecular weight excluding hydrogens is 345 g/mol. The molecule has 0 bridgehead atoms. The van der Waals surface area contributed by atoms with Crippen LogP contribution in [0.5, 0.6) is 11.5 Å². The fourth-order valence-corrected chi connectivity index (χ4v) is 4.63. The second-order valence-electron chi connectivity index (χ2n) is 5.85. The van der Waals surface area contributed by atoms with Crippen LogP contribution < -0.4 is 13.8 Å². The summed E-state index contributed by atoms with van der Waals surface area (Å²) in [4.78, 5) is 0.186. The zero-order chi connectivity index (χ0) is 18.2. The summed E-state index contributed by atoms with van der Waals surface area (Å²) in [6.45, 7) is 6.25. The lowest BCUT2D eigenvalue weighted by atomic mass is 10.1. The predicted octanol–water partition coefficient (Wildman–Crippen LogP) is 3.43. The van der Waals surface area contributed by atoms with Gasteiger partial charge in [-0.25, -0.2) is 12.8 Å². The summed E-state index contributed by atoms with van der Waals surface area (Å²) < 4.78 is 52.2. The van der Waals surface area contributed by atoms with Crippen molar-refractivity contribution in [2.24, 2.45) is 0 Å². The predicted molar refractivity (Wildman–Crippen MR) is 93.5 cm³/mol. The molecule has 134 valence electrons. The first-order valence-corrected chi connectivity index (χ1v) is 9.47. The molecule has 0 aromatic heterocycles. The molecule has 3 rings (SSSR count). The minimum absolute atomic E-state index is 0.129. The van der Waals surface area contributed by atoms with Crippen LogP contribution in [-0.4, -0.2) is 28.2 Å². The van der Waals surface area contributed by atoms with Gasteiger partial charge in [-0.05, 0) is 56.2 Å². The smallest absolute Gasteiger partial charge is 0.264 e. The Morgan fingerprint density at radius 2 is 1.96 bits per heavy atom. The summed E-state index contributed by atoms with van der Waals surface area (Å²) in [7, 11) is -3.85. The highest BCUT2D eigenvalue weighted by atomic mass is 32.2. The molecule has 1 heterocycles. The van der Waals surface area contributed by atoms with Gasteiger partial charge in [-0.1, -0.05) is 0 Å². The number of sulfonamides is 1. The molecule has 1 aliphatic rings. The standard InChI is InChI=1S/C18H20FNO4S/c1-4-23-17-9-13(3)18(10-12(17)2)25(21,22)20-7-8-24-16-6-5-14(19)11-15(16)20/h5-6,9-11H,4,7-8H2,1-3H3. The number of ether oxygens (including phenoxy) is 2. The summed E-state index contributed by atoms with van der Waals surface area (Å²) >= 11 is 0. The van der Waals surface area contributed by atoms with Crippen molar-refractivity contribution in [2.45, 2.75) is 25.7 Å². The molecule has 0 atom stereocenters. The molecule has 0 radical (unpaired) electrons. The van der Waals surface area contributed by atoms with Gasteiger partial charge in [-0.2, -0.15) is 0 Å². The van der Waals surface area contributed by atoms with Crippen LogP contribution in [0.15, 0.2) is 35.2 Å². The summed E-state index contributed by atoms with van der Waals surface area (Å²) in [5.41, 5.74) is 1.54. The summed E-state index contributed by atoms with van der Waals surface area (Å²) in [6.07, 6.45) is 0. The van der Waals surface area contributed by atoms with Crippen molar-refractivity contribution < 1.29 is 22.3 Å². The van der Waals surface area contributed by atoms with E-state index in [0.29, 0.717) is 23.7 Å². The minimum Gasteiger partial charge on any atom is -0.494 e. The van der Waals surface area contributed by atoms with Crippen LogP contribution in [0.3, 0.4) is 0 Å². The first kappa shape index (κ1) is 17.5. The van der Waals surface area contributed by atoms with E-state index in [1.807, 2.05) is 6.92 Å². The average molecular weight is 365 g/mol. The number of rotatable bonds is 4. The van der Waals surface area contributed by atoms with E-state index >= 15 is 0 Å². The maximum absolute atomic E-state index is 13.6. The van der Waals surface area contributed by atoms with Gasteiger partial charge in [0.1, 0.15) is 23.9 Å². The second-order valence-corrected chi connectivity index (χ2v) is 7.68. The van der Waals surface area contributed by atoms with E-state index in [1.54, 1.807) is 26.0 Å².